The second kappa shape index (κ2) is 8.80. The van der Waals surface area contributed by atoms with Gasteiger partial charge in [0.15, 0.2) is 0 Å². The molecule has 6 nitrogen and oxygen atoms in total. The molecule has 156 valence electrons. The molecule has 2 heterocycles. The van der Waals surface area contributed by atoms with E-state index in [4.69, 9.17) is 15.0 Å². The molecule has 0 aliphatic rings. The van der Waals surface area contributed by atoms with Crippen molar-refractivity contribution in [2.24, 2.45) is 5.92 Å². The minimum absolute atomic E-state index is 0.0139. The van der Waals surface area contributed by atoms with Gasteiger partial charge in [0.05, 0.1) is 30.2 Å². The Morgan fingerprint density at radius 2 is 2.03 bits per heavy atom. The Bertz CT molecular complexity index is 1200. The number of benzene rings is 1. The Labute approximate surface area is 179 Å². The fourth-order valence-corrected chi connectivity index (χ4v) is 4.32. The minimum Gasteiger partial charge on any atom is -0.461 e. The van der Waals surface area contributed by atoms with Crippen molar-refractivity contribution in [3.63, 3.8) is 0 Å². The van der Waals surface area contributed by atoms with Crippen molar-refractivity contribution in [2.75, 3.05) is 6.61 Å². The van der Waals surface area contributed by atoms with Gasteiger partial charge in [-0.05, 0) is 36.1 Å². The Balaban J connectivity index is 2.13. The average molecular weight is 424 g/mol. The van der Waals surface area contributed by atoms with Gasteiger partial charge in [-0.25, -0.2) is 9.78 Å². The SMILES string of the molecule is Cc1c(C(=O)OCC(C)C)sc2nc(C(C)C)n(Cc3cccc(C#N)c3)c(=O)c12. The van der Waals surface area contributed by atoms with Gasteiger partial charge < -0.3 is 4.74 Å². The quantitative estimate of drug-likeness (QED) is 0.540. The lowest BCUT2D eigenvalue weighted by atomic mass is 10.1. The maximum Gasteiger partial charge on any atom is 0.348 e. The van der Waals surface area contributed by atoms with Crippen LogP contribution in [0.2, 0.25) is 0 Å². The van der Waals surface area contributed by atoms with E-state index in [1.165, 1.54) is 11.3 Å². The van der Waals surface area contributed by atoms with Crippen LogP contribution in [0.1, 0.15) is 65.8 Å². The largest absolute Gasteiger partial charge is 0.461 e. The van der Waals surface area contributed by atoms with Crippen molar-refractivity contribution in [3.05, 3.63) is 62.0 Å². The van der Waals surface area contributed by atoms with E-state index < -0.39 is 5.97 Å². The molecule has 0 spiro atoms. The highest BCUT2D eigenvalue weighted by atomic mass is 32.1. The van der Waals surface area contributed by atoms with Crippen LogP contribution in [-0.4, -0.2) is 22.1 Å². The summed E-state index contributed by atoms with van der Waals surface area (Å²) in [7, 11) is 0. The number of esters is 1. The summed E-state index contributed by atoms with van der Waals surface area (Å²) >= 11 is 1.21. The van der Waals surface area contributed by atoms with E-state index in [-0.39, 0.29) is 17.4 Å². The van der Waals surface area contributed by atoms with Gasteiger partial charge in [-0.1, -0.05) is 39.8 Å². The summed E-state index contributed by atoms with van der Waals surface area (Å²) in [5.41, 5.74) is 1.82. The van der Waals surface area contributed by atoms with E-state index in [1.807, 2.05) is 33.8 Å². The van der Waals surface area contributed by atoms with Crippen LogP contribution in [0, 0.1) is 24.2 Å². The summed E-state index contributed by atoms with van der Waals surface area (Å²) in [4.78, 5) is 31.7. The van der Waals surface area contributed by atoms with Crippen LogP contribution in [0.3, 0.4) is 0 Å². The summed E-state index contributed by atoms with van der Waals surface area (Å²) in [6.45, 7) is 10.3. The van der Waals surface area contributed by atoms with E-state index in [2.05, 4.69) is 6.07 Å². The number of hydrogen-bond donors (Lipinski definition) is 0. The molecule has 0 aliphatic carbocycles. The van der Waals surface area contributed by atoms with E-state index in [0.29, 0.717) is 45.2 Å². The normalized spacial score (nSPS) is 11.3. The lowest BCUT2D eigenvalue weighted by Gasteiger charge is -2.15. The second-order valence-electron chi connectivity index (χ2n) is 8.06. The van der Waals surface area contributed by atoms with Gasteiger partial charge in [-0.15, -0.1) is 11.3 Å². The number of thiophene rings is 1. The van der Waals surface area contributed by atoms with Crippen LogP contribution in [0.15, 0.2) is 29.1 Å². The van der Waals surface area contributed by atoms with Crippen molar-refractivity contribution in [1.82, 2.24) is 9.55 Å². The van der Waals surface area contributed by atoms with Crippen LogP contribution in [0.25, 0.3) is 10.2 Å². The van der Waals surface area contributed by atoms with Crippen molar-refractivity contribution in [1.29, 1.82) is 5.26 Å². The predicted octanol–water partition coefficient (Wildman–Crippen LogP) is 4.62. The summed E-state index contributed by atoms with van der Waals surface area (Å²) in [5.74, 6) is 0.483. The molecular weight excluding hydrogens is 398 g/mol. The number of aryl methyl sites for hydroxylation is 1. The molecule has 0 amide bonds. The zero-order valence-corrected chi connectivity index (χ0v) is 18.7. The van der Waals surface area contributed by atoms with Gasteiger partial charge in [-0.3, -0.25) is 9.36 Å². The standard InChI is InChI=1S/C23H25N3O3S/c1-13(2)12-29-23(28)19-15(5)18-21(30-19)25-20(14(3)4)26(22(18)27)11-17-8-6-7-16(9-17)10-24/h6-9,13-14H,11-12H2,1-5H3. The third kappa shape index (κ3) is 4.29. The van der Waals surface area contributed by atoms with E-state index >= 15 is 0 Å². The molecule has 0 atom stereocenters. The molecule has 0 radical (unpaired) electrons. The number of carbonyl (C=O) groups is 1. The predicted molar refractivity (Wildman–Crippen MR) is 118 cm³/mol. The monoisotopic (exact) mass is 423 g/mol. The molecule has 0 N–H and O–H groups in total. The molecule has 0 bridgehead atoms. The highest BCUT2D eigenvalue weighted by molar-refractivity contribution is 7.20. The molecule has 0 saturated carbocycles. The lowest BCUT2D eigenvalue weighted by Crippen LogP contribution is -2.26. The number of rotatable bonds is 6. The van der Waals surface area contributed by atoms with Crippen molar-refractivity contribution in [3.8, 4) is 6.07 Å². The van der Waals surface area contributed by atoms with Gasteiger partial charge in [0.2, 0.25) is 0 Å². The molecule has 0 fully saturated rings. The first kappa shape index (κ1) is 21.7. The number of ether oxygens (including phenoxy) is 1. The molecule has 1 aromatic carbocycles. The first-order chi connectivity index (χ1) is 14.2. The fourth-order valence-electron chi connectivity index (χ4n) is 3.25. The van der Waals surface area contributed by atoms with Crippen molar-refractivity contribution in [2.45, 2.75) is 47.1 Å². The van der Waals surface area contributed by atoms with Crippen LogP contribution in [-0.2, 0) is 11.3 Å². The third-order valence-corrected chi connectivity index (χ3v) is 5.89. The molecular formula is C23H25N3O3S. The van der Waals surface area contributed by atoms with E-state index in [9.17, 15) is 9.59 Å². The van der Waals surface area contributed by atoms with E-state index in [0.717, 1.165) is 5.56 Å². The topological polar surface area (TPSA) is 85.0 Å². The number of nitrogens with zero attached hydrogens (tertiary/aromatic N) is 3. The van der Waals surface area contributed by atoms with Crippen LogP contribution < -0.4 is 5.56 Å². The van der Waals surface area contributed by atoms with Gasteiger partial charge >= 0.3 is 5.97 Å². The molecule has 3 aromatic rings. The van der Waals surface area contributed by atoms with Gasteiger partial charge in [0.25, 0.3) is 5.56 Å². The number of fused-ring (bicyclic) bond motifs is 1. The van der Waals surface area contributed by atoms with Gasteiger partial charge in [0.1, 0.15) is 15.5 Å². The van der Waals surface area contributed by atoms with Crippen LogP contribution in [0.4, 0.5) is 0 Å². The van der Waals surface area contributed by atoms with E-state index in [1.54, 1.807) is 29.7 Å². The summed E-state index contributed by atoms with van der Waals surface area (Å²) in [5, 5.41) is 9.62. The highest BCUT2D eigenvalue weighted by Crippen LogP contribution is 2.29. The zero-order chi connectivity index (χ0) is 22.0. The summed E-state index contributed by atoms with van der Waals surface area (Å²) < 4.78 is 7.02. The Morgan fingerprint density at radius 1 is 1.30 bits per heavy atom. The van der Waals surface area contributed by atoms with Crippen LogP contribution in [0.5, 0.6) is 0 Å². The third-order valence-electron chi connectivity index (χ3n) is 4.73. The molecule has 0 aliphatic heterocycles. The Kier molecular flexibility index (Phi) is 6.37. The molecule has 0 unspecified atom stereocenters. The Hall–Kier alpha value is -2.98. The molecule has 7 heteroatoms. The second-order valence-corrected chi connectivity index (χ2v) is 9.06. The lowest BCUT2D eigenvalue weighted by molar-refractivity contribution is 0.0464. The summed E-state index contributed by atoms with van der Waals surface area (Å²) in [6, 6.07) is 9.32. The molecule has 3 rings (SSSR count). The fraction of sp³-hybridized carbons (Fsp3) is 0.391. The smallest absolute Gasteiger partial charge is 0.348 e. The van der Waals surface area contributed by atoms with Crippen molar-refractivity contribution < 1.29 is 9.53 Å². The van der Waals surface area contributed by atoms with Gasteiger partial charge in [0, 0.05) is 5.92 Å². The maximum atomic E-state index is 13.4. The molecule has 2 aromatic heterocycles. The first-order valence-electron chi connectivity index (χ1n) is 9.92. The highest BCUT2D eigenvalue weighted by Gasteiger charge is 2.23. The molecule has 0 saturated heterocycles. The zero-order valence-electron chi connectivity index (χ0n) is 17.9. The maximum absolute atomic E-state index is 13.4. The number of carbonyl (C=O) groups excluding carboxylic acids is 1. The molecule has 30 heavy (non-hydrogen) atoms. The first-order valence-corrected chi connectivity index (χ1v) is 10.7. The number of nitriles is 1. The number of aromatic nitrogens is 2. The summed E-state index contributed by atoms with van der Waals surface area (Å²) in [6.07, 6.45) is 0. The Morgan fingerprint density at radius 3 is 2.67 bits per heavy atom. The average Bonchev–Trinajstić information content (AvgIpc) is 3.04. The number of hydrogen-bond acceptors (Lipinski definition) is 6. The van der Waals surface area contributed by atoms with Crippen LogP contribution >= 0.6 is 11.3 Å². The van der Waals surface area contributed by atoms with Gasteiger partial charge in [-0.2, -0.15) is 5.26 Å². The minimum atomic E-state index is -0.414. The van der Waals surface area contributed by atoms with Crippen molar-refractivity contribution >= 4 is 27.5 Å².